The molecule has 7 heteroatoms. The first-order chi connectivity index (χ1) is 12.0. The number of anilines is 1. The molecule has 0 spiro atoms. The average Bonchev–Trinajstić information content (AvgIpc) is 2.98. The van der Waals surface area contributed by atoms with Crippen LogP contribution in [-0.2, 0) is 0 Å². The maximum absolute atomic E-state index is 13.0. The second-order valence-electron chi connectivity index (χ2n) is 5.72. The number of nitrogens with zero attached hydrogens (tertiary/aromatic N) is 1. The van der Waals surface area contributed by atoms with Gasteiger partial charge in [0.2, 0.25) is 5.89 Å². The molecule has 2 amide bonds. The normalized spacial score (nSPS) is 12.1. The number of aromatic nitrogens is 1. The van der Waals surface area contributed by atoms with Crippen LogP contribution < -0.4 is 10.6 Å². The molecule has 3 rings (SSSR count). The van der Waals surface area contributed by atoms with Gasteiger partial charge in [-0.25, -0.2) is 14.2 Å². The zero-order chi connectivity index (χ0) is 17.8. The zero-order valence-electron chi connectivity index (χ0n) is 13.6. The lowest BCUT2D eigenvalue weighted by Crippen LogP contribution is -2.36. The first kappa shape index (κ1) is 16.9. The number of oxazole rings is 1. The number of fused-ring (bicyclic) bond motifs is 1. The summed E-state index contributed by atoms with van der Waals surface area (Å²) >= 11 is 0. The van der Waals surface area contributed by atoms with E-state index < -0.39 is 0 Å². The van der Waals surface area contributed by atoms with E-state index in [4.69, 9.17) is 9.52 Å². The Labute approximate surface area is 143 Å². The number of amides is 2. The lowest BCUT2D eigenvalue weighted by atomic mass is 10.2. The Morgan fingerprint density at radius 2 is 2.04 bits per heavy atom. The number of rotatable bonds is 5. The molecule has 0 radical (unpaired) electrons. The van der Waals surface area contributed by atoms with Crippen molar-refractivity contribution in [1.82, 2.24) is 10.3 Å². The number of urea groups is 1. The Balaban J connectivity index is 1.76. The summed E-state index contributed by atoms with van der Waals surface area (Å²) in [5.41, 5.74) is 2.38. The smallest absolute Gasteiger partial charge is 0.319 e. The highest BCUT2D eigenvalue weighted by molar-refractivity contribution is 5.92. The van der Waals surface area contributed by atoms with Crippen molar-refractivity contribution in [2.45, 2.75) is 19.4 Å². The van der Waals surface area contributed by atoms with Crippen LogP contribution in [0.4, 0.5) is 14.9 Å². The number of halogens is 1. The summed E-state index contributed by atoms with van der Waals surface area (Å²) in [7, 11) is 0. The molecule has 1 atom stereocenters. The van der Waals surface area contributed by atoms with E-state index >= 15 is 0 Å². The molecule has 0 aliphatic carbocycles. The Morgan fingerprint density at radius 1 is 1.28 bits per heavy atom. The molecular weight excluding hydrogens is 325 g/mol. The van der Waals surface area contributed by atoms with Crippen LogP contribution in [-0.4, -0.2) is 28.8 Å². The highest BCUT2D eigenvalue weighted by Crippen LogP contribution is 2.26. The molecule has 130 valence electrons. The van der Waals surface area contributed by atoms with Crippen molar-refractivity contribution in [3.63, 3.8) is 0 Å². The van der Waals surface area contributed by atoms with E-state index in [2.05, 4.69) is 15.6 Å². The molecule has 25 heavy (non-hydrogen) atoms. The molecule has 0 saturated heterocycles. The molecule has 0 unspecified atom stereocenters. The topological polar surface area (TPSA) is 87.4 Å². The van der Waals surface area contributed by atoms with E-state index in [1.807, 2.05) is 6.92 Å². The number of hydrogen-bond acceptors (Lipinski definition) is 4. The summed E-state index contributed by atoms with van der Waals surface area (Å²) in [6.45, 7) is 1.82. The first-order valence-electron chi connectivity index (χ1n) is 7.90. The van der Waals surface area contributed by atoms with Crippen molar-refractivity contribution < 1.29 is 18.7 Å². The maximum atomic E-state index is 13.0. The minimum Gasteiger partial charge on any atom is -0.436 e. The van der Waals surface area contributed by atoms with Gasteiger partial charge in [0.05, 0.1) is 0 Å². The minimum atomic E-state index is -0.362. The summed E-state index contributed by atoms with van der Waals surface area (Å²) in [6, 6.07) is 10.5. The number of benzene rings is 2. The van der Waals surface area contributed by atoms with Gasteiger partial charge in [0.1, 0.15) is 11.3 Å². The number of carbonyl (C=O) groups is 1. The van der Waals surface area contributed by atoms with E-state index in [-0.39, 0.29) is 24.5 Å². The van der Waals surface area contributed by atoms with Crippen LogP contribution >= 0.6 is 0 Å². The largest absolute Gasteiger partial charge is 0.436 e. The zero-order valence-corrected chi connectivity index (χ0v) is 13.6. The molecule has 0 aliphatic heterocycles. The summed E-state index contributed by atoms with van der Waals surface area (Å²) in [5, 5.41) is 14.3. The van der Waals surface area contributed by atoms with Crippen molar-refractivity contribution >= 4 is 22.8 Å². The number of aliphatic hydroxyl groups is 1. The third kappa shape index (κ3) is 4.13. The van der Waals surface area contributed by atoms with Gasteiger partial charge in [-0.15, -0.1) is 0 Å². The van der Waals surface area contributed by atoms with Gasteiger partial charge < -0.3 is 20.2 Å². The highest BCUT2D eigenvalue weighted by Gasteiger charge is 2.11. The fraction of sp³-hybridized carbons (Fsp3) is 0.222. The van der Waals surface area contributed by atoms with E-state index in [0.717, 1.165) is 0 Å². The van der Waals surface area contributed by atoms with Crippen LogP contribution in [0.2, 0.25) is 0 Å². The maximum Gasteiger partial charge on any atom is 0.319 e. The molecule has 6 nitrogen and oxygen atoms in total. The van der Waals surface area contributed by atoms with E-state index in [9.17, 15) is 9.18 Å². The molecule has 1 aromatic heterocycles. The third-order valence-electron chi connectivity index (χ3n) is 3.68. The van der Waals surface area contributed by atoms with Crippen molar-refractivity contribution in [3.8, 4) is 11.5 Å². The van der Waals surface area contributed by atoms with Crippen LogP contribution in [0, 0.1) is 5.82 Å². The Hall–Kier alpha value is -2.93. The molecule has 3 aromatic rings. The molecular formula is C18H18FN3O3. The first-order valence-corrected chi connectivity index (χ1v) is 7.90. The molecule has 2 aromatic carbocycles. The van der Waals surface area contributed by atoms with Crippen LogP contribution in [0.25, 0.3) is 22.6 Å². The van der Waals surface area contributed by atoms with Gasteiger partial charge in [-0.05, 0) is 49.7 Å². The fourth-order valence-electron chi connectivity index (χ4n) is 2.38. The Morgan fingerprint density at radius 3 is 2.76 bits per heavy atom. The van der Waals surface area contributed by atoms with Gasteiger partial charge in [-0.2, -0.15) is 0 Å². The van der Waals surface area contributed by atoms with Gasteiger partial charge in [-0.3, -0.25) is 0 Å². The molecule has 3 N–H and O–H groups in total. The molecule has 0 bridgehead atoms. The summed E-state index contributed by atoms with van der Waals surface area (Å²) in [5.74, 6) is 0.0564. The SMILES string of the molecule is C[C@H](CCO)NC(=O)Nc1ccc2nc(-c3ccc(F)cc3)oc2c1. The number of carbonyl (C=O) groups excluding carboxylic acids is 1. The second-order valence-corrected chi connectivity index (χ2v) is 5.72. The molecule has 0 fully saturated rings. The van der Waals surface area contributed by atoms with Crippen molar-refractivity contribution in [2.24, 2.45) is 0 Å². The predicted octanol–water partition coefficient (Wildman–Crippen LogP) is 3.53. The fourth-order valence-corrected chi connectivity index (χ4v) is 2.38. The average molecular weight is 343 g/mol. The van der Waals surface area contributed by atoms with Crippen LogP contribution in [0.5, 0.6) is 0 Å². The minimum absolute atomic E-state index is 0.0115. The van der Waals surface area contributed by atoms with Crippen molar-refractivity contribution in [3.05, 3.63) is 48.3 Å². The summed E-state index contributed by atoms with van der Waals surface area (Å²) in [4.78, 5) is 16.3. The van der Waals surface area contributed by atoms with Crippen molar-refractivity contribution in [1.29, 1.82) is 0 Å². The van der Waals surface area contributed by atoms with Crippen LogP contribution in [0.15, 0.2) is 46.9 Å². The number of aliphatic hydroxyl groups excluding tert-OH is 1. The number of hydrogen-bond donors (Lipinski definition) is 3. The van der Waals surface area contributed by atoms with Crippen LogP contribution in [0.1, 0.15) is 13.3 Å². The summed E-state index contributed by atoms with van der Waals surface area (Å²) in [6.07, 6.45) is 0.482. The molecule has 1 heterocycles. The number of nitrogens with one attached hydrogen (secondary N) is 2. The summed E-state index contributed by atoms with van der Waals surface area (Å²) < 4.78 is 18.7. The Kier molecular flexibility index (Phi) is 4.95. The predicted molar refractivity (Wildman–Crippen MR) is 92.7 cm³/mol. The highest BCUT2D eigenvalue weighted by atomic mass is 19.1. The van der Waals surface area contributed by atoms with E-state index in [1.165, 1.54) is 12.1 Å². The standard InChI is InChI=1S/C18H18FN3O3/c1-11(8-9-23)20-18(24)21-14-6-7-15-16(10-14)25-17(22-15)12-2-4-13(19)5-3-12/h2-7,10-11,23H,8-9H2,1H3,(H2,20,21,24)/t11-/m1/s1. The van der Waals surface area contributed by atoms with Gasteiger partial charge in [0.15, 0.2) is 5.58 Å². The molecule has 0 aliphatic rings. The monoisotopic (exact) mass is 343 g/mol. The second kappa shape index (κ2) is 7.31. The van der Waals surface area contributed by atoms with Gasteiger partial charge in [0.25, 0.3) is 0 Å². The van der Waals surface area contributed by atoms with Gasteiger partial charge >= 0.3 is 6.03 Å². The van der Waals surface area contributed by atoms with Gasteiger partial charge in [0, 0.05) is 30.0 Å². The van der Waals surface area contributed by atoms with Gasteiger partial charge in [-0.1, -0.05) is 0 Å². The quantitative estimate of drug-likeness (QED) is 0.661. The van der Waals surface area contributed by atoms with E-state index in [0.29, 0.717) is 34.7 Å². The lowest BCUT2D eigenvalue weighted by molar-refractivity contribution is 0.241. The lowest BCUT2D eigenvalue weighted by Gasteiger charge is -2.13. The van der Waals surface area contributed by atoms with Crippen molar-refractivity contribution in [2.75, 3.05) is 11.9 Å². The Bertz CT molecular complexity index is 877. The van der Waals surface area contributed by atoms with Crippen LogP contribution in [0.3, 0.4) is 0 Å². The van der Waals surface area contributed by atoms with E-state index in [1.54, 1.807) is 30.3 Å². The molecule has 0 saturated carbocycles. The third-order valence-corrected chi connectivity index (χ3v) is 3.68.